The van der Waals surface area contributed by atoms with Crippen LogP contribution in [0.3, 0.4) is 0 Å². The minimum absolute atomic E-state index is 0.495. The predicted molar refractivity (Wildman–Crippen MR) is 86.5 cm³/mol. The van der Waals surface area contributed by atoms with Crippen molar-refractivity contribution in [2.75, 3.05) is 18.0 Å². The molecule has 0 saturated carbocycles. The molecule has 1 unspecified atom stereocenters. The number of primary amides is 1. The molecule has 1 aliphatic rings. The number of amides is 1. The average molecular weight is 296 g/mol. The molecular weight excluding hydrogens is 276 g/mol. The van der Waals surface area contributed by atoms with E-state index in [-0.39, 0.29) is 0 Å². The van der Waals surface area contributed by atoms with Crippen LogP contribution in [0.5, 0.6) is 0 Å². The second-order valence-corrected chi connectivity index (χ2v) is 5.65. The number of aliphatic hydroxyl groups is 1. The summed E-state index contributed by atoms with van der Waals surface area (Å²) in [5.74, 6) is -0.759. The molecule has 0 aliphatic carbocycles. The molecule has 1 fully saturated rings. The third-order valence-electron chi connectivity index (χ3n) is 4.29. The van der Waals surface area contributed by atoms with Crippen molar-refractivity contribution in [3.05, 3.63) is 65.7 Å². The smallest absolute Gasteiger partial charge is 0.258 e. The van der Waals surface area contributed by atoms with Crippen LogP contribution in [-0.2, 0) is 10.4 Å². The van der Waals surface area contributed by atoms with E-state index in [1.807, 2.05) is 24.3 Å². The van der Waals surface area contributed by atoms with Crippen molar-refractivity contribution in [3.63, 3.8) is 0 Å². The van der Waals surface area contributed by atoms with E-state index >= 15 is 0 Å². The molecule has 1 saturated heterocycles. The highest BCUT2D eigenvalue weighted by atomic mass is 16.3. The molecule has 0 aromatic heterocycles. The number of benzene rings is 2. The summed E-state index contributed by atoms with van der Waals surface area (Å²) in [5.41, 5.74) is 5.70. The zero-order valence-electron chi connectivity index (χ0n) is 12.4. The van der Waals surface area contributed by atoms with Gasteiger partial charge < -0.3 is 15.7 Å². The molecule has 114 valence electrons. The standard InChI is InChI=1S/C18H20N2O2/c19-17(21)18(22,14-8-2-1-3-9-14)15-10-4-5-11-16(15)20-12-6-7-13-20/h1-5,8-11,22H,6-7,12-13H2,(H2,19,21). The molecule has 2 aromatic rings. The first kappa shape index (κ1) is 14.6. The predicted octanol–water partition coefficient (Wildman–Crippen LogP) is 2.01. The van der Waals surface area contributed by atoms with Gasteiger partial charge in [-0.1, -0.05) is 48.5 Å². The molecule has 2 aromatic carbocycles. The number of para-hydroxylation sites is 1. The molecule has 3 rings (SSSR count). The lowest BCUT2D eigenvalue weighted by molar-refractivity contribution is -0.133. The maximum absolute atomic E-state index is 12.1. The Hall–Kier alpha value is -2.33. The van der Waals surface area contributed by atoms with Crippen LogP contribution < -0.4 is 10.6 Å². The van der Waals surface area contributed by atoms with Gasteiger partial charge in [0.1, 0.15) is 0 Å². The highest BCUT2D eigenvalue weighted by molar-refractivity contribution is 5.90. The topological polar surface area (TPSA) is 66.6 Å². The van der Waals surface area contributed by atoms with Crippen molar-refractivity contribution in [1.29, 1.82) is 0 Å². The van der Waals surface area contributed by atoms with Crippen molar-refractivity contribution in [2.24, 2.45) is 5.73 Å². The molecule has 0 spiro atoms. The third-order valence-corrected chi connectivity index (χ3v) is 4.29. The van der Waals surface area contributed by atoms with Crippen LogP contribution in [0.1, 0.15) is 24.0 Å². The van der Waals surface area contributed by atoms with Crippen molar-refractivity contribution in [1.82, 2.24) is 0 Å². The summed E-state index contributed by atoms with van der Waals surface area (Å²) in [7, 11) is 0. The minimum Gasteiger partial charge on any atom is -0.372 e. The Labute approximate surface area is 130 Å². The van der Waals surface area contributed by atoms with E-state index < -0.39 is 11.5 Å². The number of hydrogen-bond donors (Lipinski definition) is 2. The molecule has 0 bridgehead atoms. The van der Waals surface area contributed by atoms with Crippen LogP contribution in [0, 0.1) is 0 Å². The van der Waals surface area contributed by atoms with Gasteiger partial charge in [0, 0.05) is 24.3 Å². The van der Waals surface area contributed by atoms with E-state index in [1.165, 1.54) is 0 Å². The first-order chi connectivity index (χ1) is 10.6. The highest BCUT2D eigenvalue weighted by Gasteiger charge is 2.40. The fourth-order valence-electron chi connectivity index (χ4n) is 3.12. The van der Waals surface area contributed by atoms with E-state index in [2.05, 4.69) is 4.90 Å². The summed E-state index contributed by atoms with van der Waals surface area (Å²) < 4.78 is 0. The first-order valence-corrected chi connectivity index (χ1v) is 7.56. The Bertz CT molecular complexity index is 666. The number of carbonyl (C=O) groups excluding carboxylic acids is 1. The second-order valence-electron chi connectivity index (χ2n) is 5.65. The van der Waals surface area contributed by atoms with Crippen molar-refractivity contribution in [3.8, 4) is 0 Å². The van der Waals surface area contributed by atoms with Crippen molar-refractivity contribution >= 4 is 11.6 Å². The van der Waals surface area contributed by atoms with Crippen molar-refractivity contribution in [2.45, 2.75) is 18.4 Å². The Balaban J connectivity index is 2.16. The number of rotatable bonds is 4. The number of hydrogen-bond acceptors (Lipinski definition) is 3. The normalized spacial score (nSPS) is 17.2. The SMILES string of the molecule is NC(=O)C(O)(c1ccccc1)c1ccccc1N1CCCC1. The summed E-state index contributed by atoms with van der Waals surface area (Å²) in [5, 5.41) is 11.2. The molecule has 1 aliphatic heterocycles. The van der Waals surface area contributed by atoms with E-state index in [0.717, 1.165) is 31.6 Å². The average Bonchev–Trinajstić information content (AvgIpc) is 3.09. The quantitative estimate of drug-likeness (QED) is 0.907. The number of nitrogens with zero attached hydrogens (tertiary/aromatic N) is 1. The largest absolute Gasteiger partial charge is 0.372 e. The summed E-state index contributed by atoms with van der Waals surface area (Å²) in [4.78, 5) is 14.3. The summed E-state index contributed by atoms with van der Waals surface area (Å²) in [6.45, 7) is 1.86. The fraction of sp³-hybridized carbons (Fsp3) is 0.278. The number of carbonyl (C=O) groups is 1. The van der Waals surface area contributed by atoms with Gasteiger partial charge in [-0.25, -0.2) is 0 Å². The molecule has 0 radical (unpaired) electrons. The van der Waals surface area contributed by atoms with Crippen LogP contribution in [0.25, 0.3) is 0 Å². The third kappa shape index (κ3) is 2.35. The zero-order chi connectivity index (χ0) is 15.6. The van der Waals surface area contributed by atoms with Crippen molar-refractivity contribution < 1.29 is 9.90 Å². The van der Waals surface area contributed by atoms with Gasteiger partial charge in [-0.3, -0.25) is 4.79 Å². The molecule has 3 N–H and O–H groups in total. The number of nitrogens with two attached hydrogens (primary N) is 1. The first-order valence-electron chi connectivity index (χ1n) is 7.56. The highest BCUT2D eigenvalue weighted by Crippen LogP contribution is 2.37. The minimum atomic E-state index is -1.82. The molecule has 4 nitrogen and oxygen atoms in total. The summed E-state index contributed by atoms with van der Waals surface area (Å²) >= 11 is 0. The van der Waals surface area contributed by atoms with Gasteiger partial charge in [0.2, 0.25) is 0 Å². The summed E-state index contributed by atoms with van der Waals surface area (Å²) in [6.07, 6.45) is 2.24. The van der Waals surface area contributed by atoms with Gasteiger partial charge in [-0.2, -0.15) is 0 Å². The molecule has 4 heteroatoms. The lowest BCUT2D eigenvalue weighted by atomic mass is 9.84. The molecule has 1 amide bonds. The zero-order valence-corrected chi connectivity index (χ0v) is 12.4. The fourth-order valence-corrected chi connectivity index (χ4v) is 3.12. The van der Waals surface area contributed by atoms with E-state index in [0.29, 0.717) is 11.1 Å². The maximum Gasteiger partial charge on any atom is 0.258 e. The Morgan fingerprint density at radius 2 is 1.59 bits per heavy atom. The number of anilines is 1. The molecule has 1 atom stereocenters. The van der Waals surface area contributed by atoms with Gasteiger partial charge in [0.15, 0.2) is 5.60 Å². The van der Waals surface area contributed by atoms with Gasteiger partial charge in [-0.05, 0) is 24.5 Å². The van der Waals surface area contributed by atoms with Crippen LogP contribution in [0.15, 0.2) is 54.6 Å². The Morgan fingerprint density at radius 1 is 1.00 bits per heavy atom. The molecule has 1 heterocycles. The van der Waals surface area contributed by atoms with Crippen LogP contribution in [0.2, 0.25) is 0 Å². The monoisotopic (exact) mass is 296 g/mol. The van der Waals surface area contributed by atoms with Crippen LogP contribution in [0.4, 0.5) is 5.69 Å². The van der Waals surface area contributed by atoms with Gasteiger partial charge in [0.05, 0.1) is 0 Å². The summed E-state index contributed by atoms with van der Waals surface area (Å²) in [6, 6.07) is 16.4. The lowest BCUT2D eigenvalue weighted by Crippen LogP contribution is -2.43. The van der Waals surface area contributed by atoms with Gasteiger partial charge in [-0.15, -0.1) is 0 Å². The Morgan fingerprint density at radius 3 is 2.23 bits per heavy atom. The van der Waals surface area contributed by atoms with Crippen LogP contribution in [-0.4, -0.2) is 24.1 Å². The van der Waals surface area contributed by atoms with E-state index in [9.17, 15) is 9.90 Å². The Kier molecular flexibility index (Phi) is 3.86. The van der Waals surface area contributed by atoms with Crippen LogP contribution >= 0.6 is 0 Å². The van der Waals surface area contributed by atoms with Gasteiger partial charge in [0.25, 0.3) is 5.91 Å². The molecular formula is C18H20N2O2. The lowest BCUT2D eigenvalue weighted by Gasteiger charge is -2.31. The van der Waals surface area contributed by atoms with E-state index in [4.69, 9.17) is 5.73 Å². The van der Waals surface area contributed by atoms with Gasteiger partial charge >= 0.3 is 0 Å². The molecule has 22 heavy (non-hydrogen) atoms. The second kappa shape index (κ2) is 5.81. The maximum atomic E-state index is 12.1. The van der Waals surface area contributed by atoms with E-state index in [1.54, 1.807) is 30.3 Å².